The Morgan fingerprint density at radius 1 is 1.40 bits per heavy atom. The number of halogens is 4. The van der Waals surface area contributed by atoms with Crippen LogP contribution in [0.3, 0.4) is 0 Å². The molecule has 0 bridgehead atoms. The molecule has 0 aliphatic heterocycles. The van der Waals surface area contributed by atoms with Crippen LogP contribution in [0.1, 0.15) is 6.42 Å². The van der Waals surface area contributed by atoms with Gasteiger partial charge in [0.25, 0.3) is 0 Å². The normalized spacial score (nSPS) is 23.6. The molecule has 1 aliphatic rings. The van der Waals surface area contributed by atoms with E-state index in [-0.39, 0.29) is 5.03 Å². The van der Waals surface area contributed by atoms with E-state index in [2.05, 4.69) is 0 Å². The van der Waals surface area contributed by atoms with Crippen LogP contribution in [0, 0.1) is 0 Å². The smallest absolute Gasteiger partial charge is 0.205 e. The van der Waals surface area contributed by atoms with Crippen LogP contribution >= 0.6 is 11.6 Å². The number of hydrogen-bond donors (Lipinski definition) is 0. The third-order valence-electron chi connectivity index (χ3n) is 1.15. The van der Waals surface area contributed by atoms with E-state index in [1.54, 1.807) is 0 Å². The van der Waals surface area contributed by atoms with Gasteiger partial charge in [-0.3, -0.25) is 0 Å². The van der Waals surface area contributed by atoms with E-state index in [9.17, 15) is 13.2 Å². The first-order chi connectivity index (χ1) is 4.52. The van der Waals surface area contributed by atoms with Gasteiger partial charge in [0.1, 0.15) is 0 Å². The zero-order valence-corrected chi connectivity index (χ0v) is 5.63. The Morgan fingerprint density at radius 2 is 2.00 bits per heavy atom. The number of allylic oxidation sites excluding steroid dienone is 4. The first kappa shape index (κ1) is 7.66. The highest BCUT2D eigenvalue weighted by molar-refractivity contribution is 6.29. The molecule has 0 amide bonds. The average molecular weight is 169 g/mol. The monoisotopic (exact) mass is 168 g/mol. The Morgan fingerprint density at radius 3 is 2.40 bits per heavy atom. The van der Waals surface area contributed by atoms with Crippen LogP contribution in [0.2, 0.25) is 0 Å². The van der Waals surface area contributed by atoms with Crippen molar-refractivity contribution in [3.8, 4) is 0 Å². The molecule has 0 saturated heterocycles. The largest absolute Gasteiger partial charge is 0.303 e. The van der Waals surface area contributed by atoms with Crippen molar-refractivity contribution in [2.75, 3.05) is 0 Å². The van der Waals surface area contributed by atoms with E-state index in [0.717, 1.165) is 6.08 Å². The highest BCUT2D eigenvalue weighted by Gasteiger charge is 2.37. The molecule has 1 aliphatic carbocycles. The van der Waals surface area contributed by atoms with Crippen LogP contribution < -0.4 is 0 Å². The summed E-state index contributed by atoms with van der Waals surface area (Å²) in [6, 6.07) is 0. The fourth-order valence-electron chi connectivity index (χ4n) is 0.641. The fraction of sp³-hybridized carbons (Fsp3) is 0.333. The molecule has 0 fully saturated rings. The molecule has 0 saturated carbocycles. The Hall–Kier alpha value is -0.440. The summed E-state index contributed by atoms with van der Waals surface area (Å²) in [5, 5.41) is -0.0219. The Bertz CT molecular complexity index is 205. The van der Waals surface area contributed by atoms with Crippen LogP contribution in [-0.2, 0) is 0 Å². The van der Waals surface area contributed by atoms with E-state index < -0.39 is 18.2 Å². The summed E-state index contributed by atoms with van der Waals surface area (Å²) >= 11 is 5.24. The van der Waals surface area contributed by atoms with Gasteiger partial charge in [0, 0.05) is 5.03 Å². The minimum absolute atomic E-state index is 0.0219. The van der Waals surface area contributed by atoms with Crippen LogP contribution in [0.4, 0.5) is 13.2 Å². The second kappa shape index (κ2) is 2.31. The van der Waals surface area contributed by atoms with Crippen molar-refractivity contribution in [2.24, 2.45) is 0 Å². The molecule has 0 nitrogen and oxygen atoms in total. The minimum Gasteiger partial charge on any atom is -0.205 e. The predicted molar refractivity (Wildman–Crippen MR) is 32.7 cm³/mol. The van der Waals surface area contributed by atoms with Gasteiger partial charge < -0.3 is 0 Å². The summed E-state index contributed by atoms with van der Waals surface area (Å²) in [7, 11) is 0. The first-order valence-corrected chi connectivity index (χ1v) is 3.00. The standard InChI is InChI=1S/C6H4ClF3/c7-4-1-2-5(8)6(9,10)3-4/h1-2H,3H2. The average Bonchev–Trinajstić information content (AvgIpc) is 1.78. The second-order valence-electron chi connectivity index (χ2n) is 2.01. The van der Waals surface area contributed by atoms with Crippen LogP contribution in [0.5, 0.6) is 0 Å². The molecule has 0 heterocycles. The third-order valence-corrected chi connectivity index (χ3v) is 1.41. The maximum Gasteiger partial charge on any atom is 0.303 e. The van der Waals surface area contributed by atoms with Crippen molar-refractivity contribution in [3.63, 3.8) is 0 Å². The molecule has 0 aromatic heterocycles. The summed E-state index contributed by atoms with van der Waals surface area (Å²) in [6.07, 6.45) is 1.09. The van der Waals surface area contributed by atoms with Gasteiger partial charge in [-0.25, -0.2) is 4.39 Å². The van der Waals surface area contributed by atoms with Crippen LogP contribution in [0.25, 0.3) is 0 Å². The summed E-state index contributed by atoms with van der Waals surface area (Å²) < 4.78 is 36.7. The van der Waals surface area contributed by atoms with Gasteiger partial charge in [0.2, 0.25) is 0 Å². The lowest BCUT2D eigenvalue weighted by Crippen LogP contribution is -2.18. The molecular weight excluding hydrogens is 165 g/mol. The highest BCUT2D eigenvalue weighted by atomic mass is 35.5. The van der Waals surface area contributed by atoms with E-state index in [1.807, 2.05) is 0 Å². The van der Waals surface area contributed by atoms with Gasteiger partial charge in [-0.2, -0.15) is 8.78 Å². The molecule has 0 aromatic carbocycles. The molecule has 0 N–H and O–H groups in total. The van der Waals surface area contributed by atoms with Gasteiger partial charge in [-0.1, -0.05) is 11.6 Å². The van der Waals surface area contributed by atoms with Crippen molar-refractivity contribution < 1.29 is 13.2 Å². The van der Waals surface area contributed by atoms with Crippen molar-refractivity contribution in [1.29, 1.82) is 0 Å². The lowest BCUT2D eigenvalue weighted by atomic mass is 10.1. The summed E-state index contributed by atoms with van der Waals surface area (Å²) in [4.78, 5) is 0. The van der Waals surface area contributed by atoms with Crippen molar-refractivity contribution in [2.45, 2.75) is 12.3 Å². The van der Waals surface area contributed by atoms with Gasteiger partial charge in [-0.15, -0.1) is 0 Å². The fourth-order valence-corrected chi connectivity index (χ4v) is 0.872. The zero-order valence-electron chi connectivity index (χ0n) is 4.87. The highest BCUT2D eigenvalue weighted by Crippen LogP contribution is 2.36. The van der Waals surface area contributed by atoms with Crippen molar-refractivity contribution >= 4 is 11.6 Å². The Balaban J connectivity index is 2.89. The molecule has 4 heteroatoms. The van der Waals surface area contributed by atoms with E-state index in [1.165, 1.54) is 0 Å². The SMILES string of the molecule is FC1=CC=C(Cl)CC1(F)F. The Labute approximate surface area is 61.0 Å². The molecule has 0 spiro atoms. The molecule has 0 radical (unpaired) electrons. The third kappa shape index (κ3) is 1.34. The molecular formula is C6H4ClF3. The summed E-state index contributed by atoms with van der Waals surface area (Å²) in [5.41, 5.74) is 0. The predicted octanol–water partition coefficient (Wildman–Crippen LogP) is 3.00. The van der Waals surface area contributed by atoms with Gasteiger partial charge in [-0.05, 0) is 12.2 Å². The molecule has 10 heavy (non-hydrogen) atoms. The Kier molecular flexibility index (Phi) is 1.77. The molecule has 0 atom stereocenters. The first-order valence-electron chi connectivity index (χ1n) is 2.62. The second-order valence-corrected chi connectivity index (χ2v) is 2.49. The number of rotatable bonds is 0. The maximum atomic E-state index is 12.3. The van der Waals surface area contributed by atoms with E-state index in [4.69, 9.17) is 11.6 Å². The van der Waals surface area contributed by atoms with Gasteiger partial charge in [0.15, 0.2) is 5.83 Å². The van der Waals surface area contributed by atoms with Crippen molar-refractivity contribution in [1.82, 2.24) is 0 Å². The van der Waals surface area contributed by atoms with Crippen LogP contribution in [0.15, 0.2) is 23.0 Å². The number of alkyl halides is 2. The van der Waals surface area contributed by atoms with Gasteiger partial charge in [0.05, 0.1) is 6.42 Å². The quantitative estimate of drug-likeness (QED) is 0.522. The van der Waals surface area contributed by atoms with E-state index >= 15 is 0 Å². The molecule has 56 valence electrons. The molecule has 1 rings (SSSR count). The maximum absolute atomic E-state index is 12.3. The van der Waals surface area contributed by atoms with Crippen LogP contribution in [-0.4, -0.2) is 5.92 Å². The summed E-state index contributed by atoms with van der Waals surface area (Å²) in [6.45, 7) is 0. The topological polar surface area (TPSA) is 0 Å². The number of hydrogen-bond acceptors (Lipinski definition) is 0. The summed E-state index contributed by atoms with van der Waals surface area (Å²) in [5.74, 6) is -4.82. The van der Waals surface area contributed by atoms with E-state index in [0.29, 0.717) is 6.08 Å². The zero-order chi connectivity index (χ0) is 7.78. The lowest BCUT2D eigenvalue weighted by molar-refractivity contribution is 0.0189. The molecule has 0 aromatic rings. The van der Waals surface area contributed by atoms with Gasteiger partial charge >= 0.3 is 5.92 Å². The van der Waals surface area contributed by atoms with Crippen molar-refractivity contribution in [3.05, 3.63) is 23.0 Å². The minimum atomic E-state index is -3.40. The molecule has 0 unspecified atom stereocenters. The lowest BCUT2D eigenvalue weighted by Gasteiger charge is -2.15.